The summed E-state index contributed by atoms with van der Waals surface area (Å²) in [5.74, 6) is -0.771. The Balaban J connectivity index is 0.828. The first kappa shape index (κ1) is 35.8. The summed E-state index contributed by atoms with van der Waals surface area (Å²) < 4.78 is 13.1. The predicted octanol–water partition coefficient (Wildman–Crippen LogP) is 3.67. The quantitative estimate of drug-likeness (QED) is 0.276. The summed E-state index contributed by atoms with van der Waals surface area (Å²) in [4.78, 5) is 87.1. The van der Waals surface area contributed by atoms with Crippen molar-refractivity contribution in [2.45, 2.75) is 57.7 Å². The third-order valence-electron chi connectivity index (χ3n) is 12.6. The fourth-order valence-electron chi connectivity index (χ4n) is 9.80. The van der Waals surface area contributed by atoms with E-state index in [9.17, 15) is 28.8 Å². The van der Waals surface area contributed by atoms with Crippen molar-refractivity contribution in [1.82, 2.24) is 29.6 Å². The molecule has 1 unspecified atom stereocenters. The molecule has 14 heteroatoms. The number of ether oxygens (including phenoxy) is 2. The molecule has 5 aliphatic rings. The van der Waals surface area contributed by atoms with Gasteiger partial charge in [-0.2, -0.15) is 0 Å². The maximum Gasteiger partial charge on any atom is 0.262 e. The number of piperidine rings is 2. The monoisotopic (exact) mass is 758 g/mol. The molecule has 4 aromatic rings. The number of benzene rings is 2. The van der Waals surface area contributed by atoms with Crippen LogP contribution in [0.2, 0.25) is 0 Å². The van der Waals surface area contributed by atoms with E-state index in [1.54, 1.807) is 45.9 Å². The molecule has 2 aromatic carbocycles. The second-order valence-corrected chi connectivity index (χ2v) is 16.0. The number of hydrogen-bond donors (Lipinski definition) is 1. The Kier molecular flexibility index (Phi) is 8.56. The fraction of sp³-hybridized carbons (Fsp3) is 0.405. The van der Waals surface area contributed by atoms with Crippen LogP contribution in [0.25, 0.3) is 21.9 Å². The number of nitrogens with zero attached hydrogens (tertiary/aromatic N) is 5. The fourth-order valence-corrected chi connectivity index (χ4v) is 9.80. The summed E-state index contributed by atoms with van der Waals surface area (Å²) >= 11 is 0. The number of imide groups is 2. The third-order valence-corrected chi connectivity index (χ3v) is 12.6. The van der Waals surface area contributed by atoms with Crippen molar-refractivity contribution in [1.29, 1.82) is 0 Å². The molecule has 3 fully saturated rings. The van der Waals surface area contributed by atoms with Gasteiger partial charge < -0.3 is 18.9 Å². The molecule has 56 heavy (non-hydrogen) atoms. The van der Waals surface area contributed by atoms with Crippen molar-refractivity contribution in [2.75, 3.05) is 33.9 Å². The highest BCUT2D eigenvalue weighted by atomic mass is 16.5. The van der Waals surface area contributed by atoms with Crippen molar-refractivity contribution < 1.29 is 33.4 Å². The van der Waals surface area contributed by atoms with Gasteiger partial charge in [0.05, 0.1) is 30.7 Å². The Morgan fingerprint density at radius 2 is 1.54 bits per heavy atom. The molecule has 5 amide bonds. The number of rotatable bonds is 7. The summed E-state index contributed by atoms with van der Waals surface area (Å²) in [6, 6.07) is 8.11. The molecule has 1 N–H and O–H groups in total. The first-order chi connectivity index (χ1) is 27.0. The zero-order valence-corrected chi connectivity index (χ0v) is 31.6. The molecule has 288 valence electrons. The Hall–Kier alpha value is -5.89. The van der Waals surface area contributed by atoms with E-state index in [1.165, 1.54) is 4.57 Å². The van der Waals surface area contributed by atoms with Crippen LogP contribution in [0.15, 0.2) is 53.7 Å². The lowest BCUT2D eigenvalue weighted by molar-refractivity contribution is -0.136. The smallest absolute Gasteiger partial charge is 0.262 e. The molecule has 4 aliphatic heterocycles. The third kappa shape index (κ3) is 5.76. The van der Waals surface area contributed by atoms with Gasteiger partial charge in [0.15, 0.2) is 0 Å². The lowest BCUT2D eigenvalue weighted by Crippen LogP contribution is -2.54. The number of pyridine rings is 2. The maximum absolute atomic E-state index is 14.1. The average molecular weight is 759 g/mol. The number of aryl methyl sites for hydroxylation is 1. The van der Waals surface area contributed by atoms with E-state index in [2.05, 4.69) is 15.2 Å². The van der Waals surface area contributed by atoms with E-state index in [-0.39, 0.29) is 29.7 Å². The van der Waals surface area contributed by atoms with Crippen molar-refractivity contribution in [2.24, 2.45) is 18.4 Å². The topological polar surface area (TPSA) is 160 Å². The van der Waals surface area contributed by atoms with Gasteiger partial charge in [-0.3, -0.25) is 48.9 Å². The minimum absolute atomic E-state index is 0.0887. The van der Waals surface area contributed by atoms with E-state index in [0.717, 1.165) is 64.8 Å². The minimum Gasteiger partial charge on any atom is -0.496 e. The van der Waals surface area contributed by atoms with Crippen LogP contribution in [0.4, 0.5) is 0 Å². The van der Waals surface area contributed by atoms with Gasteiger partial charge in [0.1, 0.15) is 23.1 Å². The zero-order chi connectivity index (χ0) is 39.0. The maximum atomic E-state index is 14.1. The normalized spacial score (nSPS) is 20.7. The van der Waals surface area contributed by atoms with Gasteiger partial charge in [-0.05, 0) is 95.8 Å². The highest BCUT2D eigenvalue weighted by Crippen LogP contribution is 2.53. The molecule has 2 saturated heterocycles. The van der Waals surface area contributed by atoms with Crippen LogP contribution in [0, 0.1) is 11.3 Å². The van der Waals surface area contributed by atoms with Gasteiger partial charge in [0, 0.05) is 70.3 Å². The van der Waals surface area contributed by atoms with Gasteiger partial charge in [-0.25, -0.2) is 0 Å². The summed E-state index contributed by atoms with van der Waals surface area (Å²) in [5, 5.41) is 3.49. The van der Waals surface area contributed by atoms with Crippen LogP contribution in [0.5, 0.6) is 11.5 Å². The van der Waals surface area contributed by atoms with E-state index in [0.29, 0.717) is 65.7 Å². The van der Waals surface area contributed by atoms with E-state index in [4.69, 9.17) is 9.47 Å². The lowest BCUT2D eigenvalue weighted by Gasteiger charge is -2.53. The first-order valence-corrected chi connectivity index (χ1v) is 19.1. The largest absolute Gasteiger partial charge is 0.496 e. The van der Waals surface area contributed by atoms with Crippen LogP contribution in [0.1, 0.15) is 80.7 Å². The SMILES string of the molecule is COc1cc(-c2cn(C)c(=O)c3cnccc23)cc(OC)c1C(=O)N1CCC2(CC1)CC(CN1Cc3cc4c(cc3C1)C(=O)N(C1CCC(=O)NC1=O)C4=O)C2. The number of carbonyl (C=O) groups is 5. The number of aromatic nitrogens is 2. The predicted molar refractivity (Wildman–Crippen MR) is 203 cm³/mol. The van der Waals surface area contributed by atoms with Crippen LogP contribution in [-0.2, 0) is 29.7 Å². The molecule has 2 aromatic heterocycles. The molecule has 1 atom stereocenters. The Morgan fingerprint density at radius 3 is 2.14 bits per heavy atom. The van der Waals surface area contributed by atoms with Crippen LogP contribution in [0.3, 0.4) is 0 Å². The van der Waals surface area contributed by atoms with Crippen molar-refractivity contribution >= 4 is 40.3 Å². The highest BCUT2D eigenvalue weighted by Gasteiger charge is 2.48. The van der Waals surface area contributed by atoms with E-state index >= 15 is 0 Å². The number of methoxy groups -OCH3 is 2. The standard InChI is InChI=1S/C42H42N6O8/c1-45-22-31(27-6-9-43-18-30(27)38(45)51)24-14-33(55-2)36(34(15-24)56-3)41(54)47-10-7-42(8-11-47)16-23(17-42)19-46-20-25-12-28-29(13-26(25)21-46)40(53)48(39(28)52)32-4-5-35(49)44-37(32)50/h6,9,12-15,18,22-23,32H,4-5,7-8,10-11,16-17,19-21H2,1-3H3,(H,44,49,50). The molecule has 1 spiro atoms. The van der Waals surface area contributed by atoms with Gasteiger partial charge in [-0.1, -0.05) is 0 Å². The lowest BCUT2D eigenvalue weighted by atomic mass is 9.57. The summed E-state index contributed by atoms with van der Waals surface area (Å²) in [7, 11) is 4.78. The molecule has 14 nitrogen and oxygen atoms in total. The summed E-state index contributed by atoms with van der Waals surface area (Å²) in [6.45, 7) is 3.56. The van der Waals surface area contributed by atoms with Gasteiger partial charge in [-0.15, -0.1) is 0 Å². The molecule has 0 radical (unpaired) electrons. The van der Waals surface area contributed by atoms with Gasteiger partial charge >= 0.3 is 0 Å². The Morgan fingerprint density at radius 1 is 0.893 bits per heavy atom. The molecule has 1 saturated carbocycles. The first-order valence-electron chi connectivity index (χ1n) is 19.1. The zero-order valence-electron chi connectivity index (χ0n) is 31.6. The Bertz CT molecular complexity index is 2370. The van der Waals surface area contributed by atoms with Crippen molar-refractivity contribution in [3.05, 3.63) is 87.1 Å². The molecule has 9 rings (SSSR count). The van der Waals surface area contributed by atoms with Gasteiger partial charge in [0.25, 0.3) is 23.3 Å². The second kappa shape index (κ2) is 13.4. The average Bonchev–Trinajstić information content (AvgIpc) is 3.69. The number of likely N-dealkylation sites (tertiary alicyclic amines) is 1. The number of hydrogen-bond acceptors (Lipinski definition) is 10. The second-order valence-electron chi connectivity index (χ2n) is 16.0. The van der Waals surface area contributed by atoms with Gasteiger partial charge in [0.2, 0.25) is 11.8 Å². The number of amides is 5. The number of carbonyl (C=O) groups excluding carboxylic acids is 5. The Labute approximate surface area is 322 Å². The van der Waals surface area contributed by atoms with Crippen LogP contribution < -0.4 is 20.3 Å². The molecular weight excluding hydrogens is 716 g/mol. The van der Waals surface area contributed by atoms with Crippen LogP contribution >= 0.6 is 0 Å². The van der Waals surface area contributed by atoms with Crippen molar-refractivity contribution in [3.63, 3.8) is 0 Å². The highest BCUT2D eigenvalue weighted by molar-refractivity contribution is 6.23. The summed E-state index contributed by atoms with van der Waals surface area (Å²) in [5.41, 5.74) is 4.68. The summed E-state index contributed by atoms with van der Waals surface area (Å²) in [6.07, 6.45) is 9.20. The minimum atomic E-state index is -0.973. The molecule has 0 bridgehead atoms. The van der Waals surface area contributed by atoms with E-state index < -0.39 is 29.7 Å². The van der Waals surface area contributed by atoms with Crippen molar-refractivity contribution in [3.8, 4) is 22.6 Å². The number of fused-ring (bicyclic) bond motifs is 3. The van der Waals surface area contributed by atoms with Crippen LogP contribution in [-0.4, -0.2) is 93.7 Å². The van der Waals surface area contributed by atoms with E-state index in [1.807, 2.05) is 29.2 Å². The molecule has 1 aliphatic carbocycles. The molecule has 6 heterocycles. The number of nitrogens with one attached hydrogen (secondary N) is 1. The molecular formula is C42H42N6O8.